The van der Waals surface area contributed by atoms with Gasteiger partial charge in [-0.05, 0) is 49.4 Å². The van der Waals surface area contributed by atoms with Crippen molar-refractivity contribution in [3.63, 3.8) is 0 Å². The fourth-order valence-corrected chi connectivity index (χ4v) is 4.19. The van der Waals surface area contributed by atoms with E-state index in [0.29, 0.717) is 17.6 Å². The molecule has 0 radical (unpaired) electrons. The molecular weight excluding hydrogens is 384 g/mol. The summed E-state index contributed by atoms with van der Waals surface area (Å²) in [4.78, 5) is 31.1. The lowest BCUT2D eigenvalue weighted by atomic mass is 10.2. The monoisotopic (exact) mass is 406 g/mol. The van der Waals surface area contributed by atoms with Crippen LogP contribution >= 0.6 is 11.3 Å². The molecule has 0 saturated heterocycles. The van der Waals surface area contributed by atoms with Crippen LogP contribution in [0.4, 0.5) is 0 Å². The van der Waals surface area contributed by atoms with Crippen molar-refractivity contribution in [3.8, 4) is 5.69 Å². The molecule has 1 amide bonds. The number of benzene rings is 1. The van der Waals surface area contributed by atoms with Gasteiger partial charge in [-0.2, -0.15) is 0 Å². The van der Waals surface area contributed by atoms with Gasteiger partial charge in [0, 0.05) is 22.8 Å². The van der Waals surface area contributed by atoms with Crippen LogP contribution in [0.15, 0.2) is 59.0 Å². The van der Waals surface area contributed by atoms with Crippen molar-refractivity contribution in [2.45, 2.75) is 26.8 Å². The van der Waals surface area contributed by atoms with Gasteiger partial charge in [0.25, 0.3) is 5.56 Å². The highest BCUT2D eigenvalue weighted by molar-refractivity contribution is 7.09. The molecule has 0 spiro atoms. The minimum atomic E-state index is -0.196. The Morgan fingerprint density at radius 3 is 2.66 bits per heavy atom. The van der Waals surface area contributed by atoms with E-state index in [1.165, 1.54) is 15.8 Å². The number of para-hydroxylation sites is 1. The molecule has 29 heavy (non-hydrogen) atoms. The number of aromatic nitrogens is 3. The molecule has 3 aromatic heterocycles. The van der Waals surface area contributed by atoms with E-state index in [9.17, 15) is 9.59 Å². The first-order valence-electron chi connectivity index (χ1n) is 9.48. The Morgan fingerprint density at radius 2 is 1.93 bits per heavy atom. The number of nitrogens with one attached hydrogen (secondary N) is 1. The van der Waals surface area contributed by atoms with E-state index >= 15 is 0 Å². The summed E-state index contributed by atoms with van der Waals surface area (Å²) in [6.07, 6.45) is 2.25. The summed E-state index contributed by atoms with van der Waals surface area (Å²) >= 11 is 1.67. The smallest absolute Gasteiger partial charge is 0.263 e. The van der Waals surface area contributed by atoms with E-state index in [0.717, 1.165) is 23.4 Å². The Morgan fingerprint density at radius 1 is 1.14 bits per heavy atom. The normalized spacial score (nSPS) is 11.1. The first kappa shape index (κ1) is 19.1. The number of rotatable bonds is 6. The fourth-order valence-electron chi connectivity index (χ4n) is 3.48. The van der Waals surface area contributed by atoms with E-state index < -0.39 is 0 Å². The highest BCUT2D eigenvalue weighted by Gasteiger charge is 2.18. The highest BCUT2D eigenvalue weighted by Crippen LogP contribution is 2.24. The van der Waals surface area contributed by atoms with E-state index in [-0.39, 0.29) is 18.0 Å². The second kappa shape index (κ2) is 8.05. The topological polar surface area (TPSA) is 68.9 Å². The van der Waals surface area contributed by atoms with Gasteiger partial charge in [0.1, 0.15) is 12.9 Å². The third-order valence-electron chi connectivity index (χ3n) is 5.08. The van der Waals surface area contributed by atoms with Crippen molar-refractivity contribution in [1.29, 1.82) is 0 Å². The zero-order valence-electron chi connectivity index (χ0n) is 16.4. The molecule has 0 aliphatic carbocycles. The number of amides is 1. The number of thiophene rings is 1. The third kappa shape index (κ3) is 3.73. The van der Waals surface area contributed by atoms with Crippen molar-refractivity contribution in [2.24, 2.45) is 0 Å². The number of fused-ring (bicyclic) bond motifs is 1. The van der Waals surface area contributed by atoms with Crippen molar-refractivity contribution in [1.82, 2.24) is 19.4 Å². The predicted octanol–water partition coefficient (Wildman–Crippen LogP) is 3.22. The molecule has 4 rings (SSSR count). The van der Waals surface area contributed by atoms with Gasteiger partial charge in [-0.1, -0.05) is 24.3 Å². The van der Waals surface area contributed by atoms with Crippen LogP contribution in [0.2, 0.25) is 0 Å². The first-order valence-corrected chi connectivity index (χ1v) is 10.4. The van der Waals surface area contributed by atoms with Crippen LogP contribution in [0.1, 0.15) is 16.1 Å². The Labute approximate surface area is 172 Å². The molecule has 0 saturated carbocycles. The first-order chi connectivity index (χ1) is 14.1. The Kier molecular flexibility index (Phi) is 5.31. The maximum absolute atomic E-state index is 13.1. The molecule has 6 nitrogen and oxygen atoms in total. The van der Waals surface area contributed by atoms with Crippen molar-refractivity contribution >= 4 is 28.3 Å². The number of hydrogen-bond acceptors (Lipinski definition) is 4. The van der Waals surface area contributed by atoms with Crippen molar-refractivity contribution in [2.75, 3.05) is 6.54 Å². The van der Waals surface area contributed by atoms with Crippen LogP contribution in [0.5, 0.6) is 0 Å². The second-order valence-corrected chi connectivity index (χ2v) is 7.97. The average molecular weight is 407 g/mol. The van der Waals surface area contributed by atoms with Gasteiger partial charge in [-0.3, -0.25) is 18.7 Å². The summed E-state index contributed by atoms with van der Waals surface area (Å²) in [6, 6.07) is 13.9. The zero-order chi connectivity index (χ0) is 20.4. The van der Waals surface area contributed by atoms with E-state index in [1.807, 2.05) is 66.3 Å². The SMILES string of the molecule is Cc1c(C)n(-c2ccccc2)c2ncn(CC(=O)NCCc3cccs3)c(=O)c12. The van der Waals surface area contributed by atoms with Gasteiger partial charge >= 0.3 is 0 Å². The van der Waals surface area contributed by atoms with E-state index in [4.69, 9.17) is 0 Å². The van der Waals surface area contributed by atoms with Gasteiger partial charge in [0.05, 0.1) is 5.39 Å². The minimum Gasteiger partial charge on any atom is -0.354 e. The van der Waals surface area contributed by atoms with Gasteiger partial charge < -0.3 is 5.32 Å². The molecule has 1 aromatic carbocycles. The average Bonchev–Trinajstić information content (AvgIpc) is 3.32. The summed E-state index contributed by atoms with van der Waals surface area (Å²) in [5, 5.41) is 5.45. The van der Waals surface area contributed by atoms with E-state index in [2.05, 4.69) is 10.3 Å². The molecule has 0 bridgehead atoms. The van der Waals surface area contributed by atoms with Crippen LogP contribution < -0.4 is 10.9 Å². The molecule has 0 fully saturated rings. The van der Waals surface area contributed by atoms with Crippen molar-refractivity contribution < 1.29 is 4.79 Å². The maximum atomic E-state index is 13.1. The lowest BCUT2D eigenvalue weighted by molar-refractivity contribution is -0.121. The third-order valence-corrected chi connectivity index (χ3v) is 6.02. The van der Waals surface area contributed by atoms with Crippen LogP contribution in [0.3, 0.4) is 0 Å². The van der Waals surface area contributed by atoms with Crippen LogP contribution in [0, 0.1) is 13.8 Å². The molecular formula is C22H22N4O2S. The summed E-state index contributed by atoms with van der Waals surface area (Å²) in [5.41, 5.74) is 3.23. The highest BCUT2D eigenvalue weighted by atomic mass is 32.1. The zero-order valence-corrected chi connectivity index (χ0v) is 17.2. The number of nitrogens with zero attached hydrogens (tertiary/aromatic N) is 3. The van der Waals surface area contributed by atoms with Gasteiger partial charge in [-0.25, -0.2) is 4.98 Å². The lowest BCUT2D eigenvalue weighted by Crippen LogP contribution is -2.33. The van der Waals surface area contributed by atoms with Gasteiger partial charge in [0.15, 0.2) is 5.65 Å². The largest absolute Gasteiger partial charge is 0.354 e. The van der Waals surface area contributed by atoms with Gasteiger partial charge in [-0.15, -0.1) is 11.3 Å². The Bertz CT molecular complexity index is 1210. The molecule has 0 atom stereocenters. The summed E-state index contributed by atoms with van der Waals surface area (Å²) in [5.74, 6) is -0.193. The molecule has 0 aliphatic rings. The maximum Gasteiger partial charge on any atom is 0.263 e. The van der Waals surface area contributed by atoms with Crippen LogP contribution in [-0.4, -0.2) is 26.6 Å². The molecule has 0 unspecified atom stereocenters. The summed E-state index contributed by atoms with van der Waals surface area (Å²) in [6.45, 7) is 4.41. The number of hydrogen-bond donors (Lipinski definition) is 1. The van der Waals surface area contributed by atoms with Gasteiger partial charge in [0.2, 0.25) is 5.91 Å². The predicted molar refractivity (Wildman–Crippen MR) is 116 cm³/mol. The quantitative estimate of drug-likeness (QED) is 0.535. The molecule has 7 heteroatoms. The second-order valence-electron chi connectivity index (χ2n) is 6.94. The number of carbonyl (C=O) groups is 1. The Balaban J connectivity index is 1.59. The molecule has 4 aromatic rings. The number of carbonyl (C=O) groups excluding carboxylic acids is 1. The molecule has 3 heterocycles. The summed E-state index contributed by atoms with van der Waals surface area (Å²) in [7, 11) is 0. The summed E-state index contributed by atoms with van der Waals surface area (Å²) < 4.78 is 3.36. The fraction of sp³-hybridized carbons (Fsp3) is 0.227. The van der Waals surface area contributed by atoms with Crippen LogP contribution in [0.25, 0.3) is 16.7 Å². The van der Waals surface area contributed by atoms with E-state index in [1.54, 1.807) is 11.3 Å². The van der Waals surface area contributed by atoms with Crippen molar-refractivity contribution in [3.05, 3.63) is 80.7 Å². The minimum absolute atomic E-state index is 0.0405. The van der Waals surface area contributed by atoms with Crippen LogP contribution in [-0.2, 0) is 17.8 Å². The molecule has 148 valence electrons. The molecule has 0 aliphatic heterocycles. The molecule has 1 N–H and O–H groups in total. The standard InChI is InChI=1S/C22H22N4O2S/c1-15-16(2)26(17-7-4-3-5-8-17)21-20(15)22(28)25(14-24-21)13-19(27)23-11-10-18-9-6-12-29-18/h3-9,12,14H,10-11,13H2,1-2H3,(H,23,27). The Hall–Kier alpha value is -3.19. The lowest BCUT2D eigenvalue weighted by Gasteiger charge is -2.09. The number of aryl methyl sites for hydroxylation is 1.